The lowest BCUT2D eigenvalue weighted by atomic mass is 10.00. The van der Waals surface area contributed by atoms with Crippen LogP contribution < -0.4 is 4.74 Å². The van der Waals surface area contributed by atoms with E-state index in [9.17, 15) is 9.59 Å². The van der Waals surface area contributed by atoms with Crippen molar-refractivity contribution in [1.82, 2.24) is 9.80 Å². The zero-order valence-corrected chi connectivity index (χ0v) is 20.6. The molecule has 2 aliphatic rings. The van der Waals surface area contributed by atoms with Crippen molar-refractivity contribution in [2.75, 3.05) is 19.7 Å². The molecule has 1 aliphatic heterocycles. The van der Waals surface area contributed by atoms with Crippen LogP contribution in [0.2, 0.25) is 5.02 Å². The van der Waals surface area contributed by atoms with Crippen molar-refractivity contribution in [3.05, 3.63) is 86.6 Å². The van der Waals surface area contributed by atoms with Gasteiger partial charge in [0, 0.05) is 28.0 Å². The molecule has 1 saturated carbocycles. The second-order valence-corrected chi connectivity index (χ2v) is 10.3. The summed E-state index contributed by atoms with van der Waals surface area (Å²) in [6, 6.07) is 16.9. The molecule has 0 bridgehead atoms. The minimum absolute atomic E-state index is 0.0320. The Bertz CT molecular complexity index is 1190. The molecule has 2 amide bonds. The number of carbonyl (C=O) groups excluding carboxylic acids is 2. The molecule has 1 aromatic heterocycles. The summed E-state index contributed by atoms with van der Waals surface area (Å²) in [6.45, 7) is 3.01. The van der Waals surface area contributed by atoms with Crippen LogP contribution in [0.5, 0.6) is 5.75 Å². The summed E-state index contributed by atoms with van der Waals surface area (Å²) >= 11 is 7.72. The monoisotopic (exact) mass is 494 g/mol. The average molecular weight is 495 g/mol. The maximum atomic E-state index is 13.6. The Kier molecular flexibility index (Phi) is 6.61. The van der Waals surface area contributed by atoms with Gasteiger partial charge in [-0.05, 0) is 79.1 Å². The topological polar surface area (TPSA) is 49.9 Å². The minimum atomic E-state index is -0.187. The first-order valence-corrected chi connectivity index (χ1v) is 12.9. The van der Waals surface area contributed by atoms with Crippen molar-refractivity contribution in [3.8, 4) is 5.75 Å². The van der Waals surface area contributed by atoms with E-state index in [4.69, 9.17) is 16.3 Å². The molecule has 5 rings (SSSR count). The molecule has 1 atom stereocenters. The van der Waals surface area contributed by atoms with Crippen LogP contribution in [-0.2, 0) is 11.2 Å². The van der Waals surface area contributed by atoms with Crippen molar-refractivity contribution >= 4 is 34.8 Å². The predicted molar refractivity (Wildman–Crippen MR) is 135 cm³/mol. The fourth-order valence-corrected chi connectivity index (χ4v) is 5.59. The predicted octanol–water partition coefficient (Wildman–Crippen LogP) is 5.52. The largest absolute Gasteiger partial charge is 0.491 e. The first kappa shape index (κ1) is 22.9. The molecule has 5 nitrogen and oxygen atoms in total. The number of hydrogen-bond acceptors (Lipinski definition) is 4. The molecule has 7 heteroatoms. The van der Waals surface area contributed by atoms with Gasteiger partial charge < -0.3 is 14.5 Å². The molecule has 0 N–H and O–H groups in total. The van der Waals surface area contributed by atoms with Gasteiger partial charge in [-0.15, -0.1) is 11.3 Å². The number of fused-ring (bicyclic) bond motifs is 1. The summed E-state index contributed by atoms with van der Waals surface area (Å²) < 4.78 is 6.08. The lowest BCUT2D eigenvalue weighted by molar-refractivity contribution is -0.135. The van der Waals surface area contributed by atoms with Crippen LogP contribution in [0.15, 0.2) is 60.0 Å². The standard InChI is InChI=1S/C27H27ClN2O3S/c1-18-4-2-3-5-22(18)27(32)30(20-8-9-20)16-26(31)29-14-12-25-23(13-15-34-25)24(29)17-33-21-10-6-19(28)7-11-21/h2-7,10-11,13,15,20,24H,8-9,12,14,16-17H2,1H3. The number of aryl methyl sites for hydroxylation is 1. The van der Waals surface area contributed by atoms with E-state index in [1.54, 1.807) is 28.4 Å². The molecule has 176 valence electrons. The highest BCUT2D eigenvalue weighted by Gasteiger charge is 2.38. The number of halogens is 1. The molecule has 1 fully saturated rings. The van der Waals surface area contributed by atoms with Crippen LogP contribution in [0.4, 0.5) is 0 Å². The van der Waals surface area contributed by atoms with Gasteiger partial charge in [-0.2, -0.15) is 0 Å². The molecule has 2 aromatic carbocycles. The molecule has 34 heavy (non-hydrogen) atoms. The number of thiophene rings is 1. The summed E-state index contributed by atoms with van der Waals surface area (Å²) in [4.78, 5) is 31.9. The smallest absolute Gasteiger partial charge is 0.254 e. The Morgan fingerprint density at radius 3 is 2.62 bits per heavy atom. The molecule has 2 heterocycles. The third-order valence-electron chi connectivity index (χ3n) is 6.57. The number of amides is 2. The highest BCUT2D eigenvalue weighted by molar-refractivity contribution is 7.10. The van der Waals surface area contributed by atoms with E-state index in [-0.39, 0.29) is 30.4 Å². The average Bonchev–Trinajstić information content (AvgIpc) is 3.57. The van der Waals surface area contributed by atoms with E-state index in [0.717, 1.165) is 30.4 Å². The first-order chi connectivity index (χ1) is 16.5. The normalized spacial score (nSPS) is 17.2. The lowest BCUT2D eigenvalue weighted by Gasteiger charge is -2.37. The van der Waals surface area contributed by atoms with Crippen LogP contribution in [-0.4, -0.2) is 47.4 Å². The molecule has 1 aliphatic carbocycles. The van der Waals surface area contributed by atoms with Gasteiger partial charge in [0.1, 0.15) is 18.9 Å². The number of ether oxygens (including phenoxy) is 1. The summed E-state index contributed by atoms with van der Waals surface area (Å²) in [5.41, 5.74) is 2.74. The molecule has 3 aromatic rings. The summed E-state index contributed by atoms with van der Waals surface area (Å²) in [5, 5.41) is 2.73. The zero-order chi connectivity index (χ0) is 23.7. The van der Waals surface area contributed by atoms with Crippen molar-refractivity contribution in [2.24, 2.45) is 0 Å². The number of nitrogens with zero attached hydrogens (tertiary/aromatic N) is 2. The maximum Gasteiger partial charge on any atom is 0.254 e. The van der Waals surface area contributed by atoms with Crippen molar-refractivity contribution in [1.29, 1.82) is 0 Å². The van der Waals surface area contributed by atoms with E-state index in [1.165, 1.54) is 4.88 Å². The van der Waals surface area contributed by atoms with Crippen LogP contribution in [0, 0.1) is 6.92 Å². The quantitative estimate of drug-likeness (QED) is 0.434. The summed E-state index contributed by atoms with van der Waals surface area (Å²) in [7, 11) is 0. The van der Waals surface area contributed by atoms with E-state index < -0.39 is 0 Å². The maximum absolute atomic E-state index is 13.6. The SMILES string of the molecule is Cc1ccccc1C(=O)N(CC(=O)N1CCc2sccc2C1COc1ccc(Cl)cc1)C1CC1. The van der Waals surface area contributed by atoms with Gasteiger partial charge >= 0.3 is 0 Å². The Hall–Kier alpha value is -2.83. The van der Waals surface area contributed by atoms with E-state index in [0.29, 0.717) is 29.5 Å². The van der Waals surface area contributed by atoms with Crippen LogP contribution >= 0.6 is 22.9 Å². The van der Waals surface area contributed by atoms with Crippen molar-refractivity contribution in [3.63, 3.8) is 0 Å². The zero-order valence-electron chi connectivity index (χ0n) is 19.1. The molecule has 0 radical (unpaired) electrons. The summed E-state index contributed by atoms with van der Waals surface area (Å²) in [6.07, 6.45) is 2.72. The molecular formula is C27H27ClN2O3S. The molecule has 0 spiro atoms. The first-order valence-electron chi connectivity index (χ1n) is 11.6. The van der Waals surface area contributed by atoms with E-state index >= 15 is 0 Å². The van der Waals surface area contributed by atoms with Gasteiger partial charge in [-0.3, -0.25) is 9.59 Å². The van der Waals surface area contributed by atoms with Crippen molar-refractivity contribution in [2.45, 2.75) is 38.3 Å². The van der Waals surface area contributed by atoms with Gasteiger partial charge in [0.15, 0.2) is 0 Å². The van der Waals surface area contributed by atoms with Gasteiger partial charge in [0.25, 0.3) is 5.91 Å². The fourth-order valence-electron chi connectivity index (χ4n) is 4.54. The van der Waals surface area contributed by atoms with E-state index in [1.807, 2.05) is 48.2 Å². The Morgan fingerprint density at radius 2 is 1.88 bits per heavy atom. The molecule has 1 unspecified atom stereocenters. The number of carbonyl (C=O) groups is 2. The van der Waals surface area contributed by atoms with Crippen LogP contribution in [0.3, 0.4) is 0 Å². The van der Waals surface area contributed by atoms with Crippen LogP contribution in [0.1, 0.15) is 45.2 Å². The van der Waals surface area contributed by atoms with Crippen molar-refractivity contribution < 1.29 is 14.3 Å². The van der Waals surface area contributed by atoms with E-state index in [2.05, 4.69) is 11.4 Å². The third-order valence-corrected chi connectivity index (χ3v) is 7.81. The number of hydrogen-bond donors (Lipinski definition) is 0. The van der Waals surface area contributed by atoms with Gasteiger partial charge in [0.2, 0.25) is 5.91 Å². The number of benzene rings is 2. The Morgan fingerprint density at radius 1 is 1.12 bits per heavy atom. The Balaban J connectivity index is 1.34. The second-order valence-electron chi connectivity index (χ2n) is 8.90. The minimum Gasteiger partial charge on any atom is -0.491 e. The highest BCUT2D eigenvalue weighted by Crippen LogP contribution is 2.35. The second kappa shape index (κ2) is 9.80. The lowest BCUT2D eigenvalue weighted by Crippen LogP contribution is -2.48. The van der Waals surface area contributed by atoms with Gasteiger partial charge in [-0.1, -0.05) is 29.8 Å². The van der Waals surface area contributed by atoms with Gasteiger partial charge in [-0.25, -0.2) is 0 Å². The molecular weight excluding hydrogens is 468 g/mol. The fraction of sp³-hybridized carbons (Fsp3) is 0.333. The van der Waals surface area contributed by atoms with Crippen LogP contribution in [0.25, 0.3) is 0 Å². The highest BCUT2D eigenvalue weighted by atomic mass is 35.5. The Labute approximate surface area is 208 Å². The third kappa shape index (κ3) is 4.84. The van der Waals surface area contributed by atoms with Gasteiger partial charge in [0.05, 0.1) is 6.04 Å². The number of rotatable bonds is 7. The molecule has 0 saturated heterocycles. The summed E-state index contributed by atoms with van der Waals surface area (Å²) in [5.74, 6) is 0.625.